The fourth-order valence-electron chi connectivity index (χ4n) is 3.00. The van der Waals surface area contributed by atoms with Crippen LogP contribution in [0.25, 0.3) is 0 Å². The molecule has 180 valence electrons. The number of carbonyl (C=O) groups is 1. The van der Waals surface area contributed by atoms with E-state index in [1.54, 1.807) is 14.2 Å². The Hall–Kier alpha value is -0.433. The third-order valence-electron chi connectivity index (χ3n) is 6.02. The number of methoxy groups -OCH3 is 2. The summed E-state index contributed by atoms with van der Waals surface area (Å²) in [6.07, 6.45) is 1.30. The topological polar surface area (TPSA) is 54.0 Å². The van der Waals surface area contributed by atoms with E-state index in [2.05, 4.69) is 54.6 Å². The third-order valence-corrected chi connectivity index (χ3v) is 10.5. The minimum atomic E-state index is -2.03. The lowest BCUT2D eigenvalue weighted by Gasteiger charge is -2.44. The van der Waals surface area contributed by atoms with Gasteiger partial charge in [-0.1, -0.05) is 41.5 Å². The van der Waals surface area contributed by atoms with Crippen molar-refractivity contribution >= 4 is 14.3 Å². The summed E-state index contributed by atoms with van der Waals surface area (Å²) in [5, 5.41) is 0.0908. The molecule has 0 aromatic rings. The molecule has 0 aromatic heterocycles. The molecule has 0 unspecified atom stereocenters. The van der Waals surface area contributed by atoms with Crippen LogP contribution >= 0.6 is 0 Å². The van der Waals surface area contributed by atoms with E-state index in [0.717, 1.165) is 12.8 Å². The molecule has 0 spiro atoms. The Labute approximate surface area is 187 Å². The van der Waals surface area contributed by atoms with Crippen LogP contribution in [-0.2, 0) is 23.4 Å². The van der Waals surface area contributed by atoms with Gasteiger partial charge in [0.15, 0.2) is 8.32 Å². The molecule has 6 heteroatoms. The van der Waals surface area contributed by atoms with Crippen molar-refractivity contribution in [1.82, 2.24) is 0 Å². The van der Waals surface area contributed by atoms with Crippen molar-refractivity contribution in [3.05, 3.63) is 0 Å². The van der Waals surface area contributed by atoms with Gasteiger partial charge in [0, 0.05) is 14.2 Å². The SMILES string of the molecule is CO[C@@H](CC(C)C)[C@@H](O[Si](C)(C)C(C)(C)C)[C@H](C[C@@H](C)COC(=O)C(C)(C)C)OC. The van der Waals surface area contributed by atoms with Gasteiger partial charge in [-0.25, -0.2) is 0 Å². The highest BCUT2D eigenvalue weighted by molar-refractivity contribution is 6.74. The Morgan fingerprint density at radius 2 is 1.33 bits per heavy atom. The van der Waals surface area contributed by atoms with Crippen LogP contribution in [0.2, 0.25) is 18.1 Å². The first-order chi connectivity index (χ1) is 13.5. The van der Waals surface area contributed by atoms with E-state index in [0.29, 0.717) is 12.5 Å². The molecule has 0 aromatic carbocycles. The second-order valence-corrected chi connectivity index (χ2v) is 16.5. The van der Waals surface area contributed by atoms with Gasteiger partial charge >= 0.3 is 5.97 Å². The Bertz CT molecular complexity index is 505. The van der Waals surface area contributed by atoms with Gasteiger partial charge in [0.05, 0.1) is 30.3 Å². The number of hydrogen-bond donors (Lipinski definition) is 0. The molecule has 0 aliphatic carbocycles. The normalized spacial score (nSPS) is 17.5. The second-order valence-electron chi connectivity index (χ2n) is 11.7. The standard InChI is InChI=1S/C24H50O5Si/c1-17(2)14-19(26-10)21(29-30(12,13)24(7,8)9)20(27-11)15-18(3)16-28-22(25)23(4,5)6/h17-21H,14-16H2,1-13H3/t18-,19+,20+,21-/m1/s1. The first-order valence-corrected chi connectivity index (χ1v) is 14.3. The molecule has 0 N–H and O–H groups in total. The number of carbonyl (C=O) groups excluding carboxylic acids is 1. The number of hydrogen-bond acceptors (Lipinski definition) is 5. The summed E-state index contributed by atoms with van der Waals surface area (Å²) < 4.78 is 24.3. The van der Waals surface area contributed by atoms with Crippen molar-refractivity contribution in [1.29, 1.82) is 0 Å². The van der Waals surface area contributed by atoms with Crippen molar-refractivity contribution in [2.75, 3.05) is 20.8 Å². The molecule has 0 fully saturated rings. The van der Waals surface area contributed by atoms with E-state index >= 15 is 0 Å². The lowest BCUT2D eigenvalue weighted by atomic mass is 9.93. The van der Waals surface area contributed by atoms with Crippen LogP contribution in [0.3, 0.4) is 0 Å². The van der Waals surface area contributed by atoms with E-state index in [1.165, 1.54) is 0 Å². The molecule has 0 amide bonds. The highest BCUT2D eigenvalue weighted by Crippen LogP contribution is 2.39. The molecule has 0 saturated carbocycles. The van der Waals surface area contributed by atoms with Gasteiger partial charge in [-0.05, 0) is 63.6 Å². The quantitative estimate of drug-likeness (QED) is 0.269. The van der Waals surface area contributed by atoms with Crippen LogP contribution < -0.4 is 0 Å². The second kappa shape index (κ2) is 12.0. The van der Waals surface area contributed by atoms with Crippen LogP contribution in [0.5, 0.6) is 0 Å². The average Bonchev–Trinajstić information content (AvgIpc) is 2.58. The molecule has 0 aliphatic heterocycles. The maximum absolute atomic E-state index is 12.1. The van der Waals surface area contributed by atoms with Gasteiger partial charge in [0.25, 0.3) is 0 Å². The Kier molecular flexibility index (Phi) is 11.8. The fraction of sp³-hybridized carbons (Fsp3) is 0.958. The largest absolute Gasteiger partial charge is 0.465 e. The molecule has 0 rings (SSSR count). The molecule has 0 saturated heterocycles. The van der Waals surface area contributed by atoms with Crippen molar-refractivity contribution in [3.63, 3.8) is 0 Å². The number of esters is 1. The smallest absolute Gasteiger partial charge is 0.311 e. The third kappa shape index (κ3) is 9.80. The maximum Gasteiger partial charge on any atom is 0.311 e. The van der Waals surface area contributed by atoms with Crippen molar-refractivity contribution < 1.29 is 23.4 Å². The van der Waals surface area contributed by atoms with E-state index in [-0.39, 0.29) is 35.2 Å². The highest BCUT2D eigenvalue weighted by Gasteiger charge is 2.43. The van der Waals surface area contributed by atoms with E-state index in [1.807, 2.05) is 20.8 Å². The van der Waals surface area contributed by atoms with Crippen molar-refractivity contribution in [3.8, 4) is 0 Å². The molecular formula is C24H50O5Si. The number of ether oxygens (including phenoxy) is 3. The van der Waals surface area contributed by atoms with Gasteiger partial charge in [-0.15, -0.1) is 0 Å². The lowest BCUT2D eigenvalue weighted by molar-refractivity contribution is -0.155. The Morgan fingerprint density at radius 1 is 0.867 bits per heavy atom. The predicted octanol–water partition coefficient (Wildman–Crippen LogP) is 6.07. The monoisotopic (exact) mass is 446 g/mol. The first-order valence-electron chi connectivity index (χ1n) is 11.4. The van der Waals surface area contributed by atoms with Gasteiger partial charge in [-0.3, -0.25) is 4.79 Å². The van der Waals surface area contributed by atoms with Crippen LogP contribution in [0, 0.1) is 17.3 Å². The number of rotatable bonds is 12. The molecule has 5 nitrogen and oxygen atoms in total. The molecule has 0 bridgehead atoms. The lowest BCUT2D eigenvalue weighted by Crippen LogP contribution is -2.52. The minimum Gasteiger partial charge on any atom is -0.465 e. The Morgan fingerprint density at radius 3 is 1.70 bits per heavy atom. The van der Waals surface area contributed by atoms with Gasteiger partial charge in [0.2, 0.25) is 0 Å². The van der Waals surface area contributed by atoms with Crippen LogP contribution in [0.15, 0.2) is 0 Å². The van der Waals surface area contributed by atoms with Gasteiger partial charge in [-0.2, -0.15) is 0 Å². The van der Waals surface area contributed by atoms with E-state index in [4.69, 9.17) is 18.6 Å². The molecule has 4 atom stereocenters. The van der Waals surface area contributed by atoms with Crippen LogP contribution in [0.1, 0.15) is 75.2 Å². The fourth-order valence-corrected chi connectivity index (χ4v) is 4.34. The summed E-state index contributed by atoms with van der Waals surface area (Å²) in [5.74, 6) is 0.471. The zero-order valence-electron chi connectivity index (χ0n) is 22.0. The van der Waals surface area contributed by atoms with Crippen molar-refractivity contribution in [2.24, 2.45) is 17.3 Å². The van der Waals surface area contributed by atoms with E-state index in [9.17, 15) is 4.79 Å². The summed E-state index contributed by atoms with van der Waals surface area (Å²) in [4.78, 5) is 12.1. The zero-order valence-corrected chi connectivity index (χ0v) is 23.0. The Balaban J connectivity index is 5.52. The van der Waals surface area contributed by atoms with Crippen molar-refractivity contribution in [2.45, 2.75) is 112 Å². The van der Waals surface area contributed by atoms with Gasteiger partial charge < -0.3 is 18.6 Å². The van der Waals surface area contributed by atoms with Crippen LogP contribution in [-0.4, -0.2) is 53.4 Å². The molecule has 0 heterocycles. The average molecular weight is 447 g/mol. The molecular weight excluding hydrogens is 396 g/mol. The van der Waals surface area contributed by atoms with E-state index < -0.39 is 13.7 Å². The maximum atomic E-state index is 12.1. The summed E-state index contributed by atoms with van der Waals surface area (Å²) in [6.45, 7) is 23.8. The van der Waals surface area contributed by atoms with Crippen LogP contribution in [0.4, 0.5) is 0 Å². The minimum absolute atomic E-state index is 0.0478. The summed E-state index contributed by atoms with van der Waals surface area (Å²) in [5.41, 5.74) is -0.493. The van der Waals surface area contributed by atoms with Gasteiger partial charge in [0.1, 0.15) is 0 Å². The first kappa shape index (κ1) is 29.6. The molecule has 30 heavy (non-hydrogen) atoms. The summed E-state index contributed by atoms with van der Waals surface area (Å²) >= 11 is 0. The summed E-state index contributed by atoms with van der Waals surface area (Å²) in [6, 6.07) is 0. The molecule has 0 radical (unpaired) electrons. The molecule has 0 aliphatic rings. The zero-order chi connectivity index (χ0) is 23.9. The predicted molar refractivity (Wildman–Crippen MR) is 127 cm³/mol. The highest BCUT2D eigenvalue weighted by atomic mass is 28.4. The summed E-state index contributed by atoms with van der Waals surface area (Å²) in [7, 11) is 1.46.